The van der Waals surface area contributed by atoms with Crippen molar-refractivity contribution in [3.05, 3.63) is 12.1 Å². The van der Waals surface area contributed by atoms with Crippen molar-refractivity contribution in [3.63, 3.8) is 0 Å². The molecule has 0 saturated carbocycles. The molecule has 2 atom stereocenters. The normalized spacial score (nSPS) is 24.6. The van der Waals surface area contributed by atoms with Crippen molar-refractivity contribution in [1.29, 1.82) is 0 Å². The van der Waals surface area contributed by atoms with Gasteiger partial charge in [0, 0.05) is 19.1 Å². The molecule has 1 saturated heterocycles. The average molecular weight is 222 g/mol. The van der Waals surface area contributed by atoms with Crippen LogP contribution in [0.15, 0.2) is 12.1 Å². The van der Waals surface area contributed by atoms with Gasteiger partial charge in [-0.25, -0.2) is 4.98 Å². The van der Waals surface area contributed by atoms with E-state index in [4.69, 9.17) is 16.2 Å². The first kappa shape index (κ1) is 11.0. The summed E-state index contributed by atoms with van der Waals surface area (Å²) in [5.74, 6) is 1.69. The maximum Gasteiger partial charge on any atom is 0.149 e. The van der Waals surface area contributed by atoms with Crippen molar-refractivity contribution in [2.24, 2.45) is 5.92 Å². The van der Waals surface area contributed by atoms with Crippen molar-refractivity contribution in [2.45, 2.75) is 19.4 Å². The van der Waals surface area contributed by atoms with Crippen LogP contribution in [-0.2, 0) is 4.74 Å². The minimum atomic E-state index is 0.318. The molecule has 0 aliphatic carbocycles. The van der Waals surface area contributed by atoms with Crippen LogP contribution in [0.4, 0.5) is 17.3 Å². The van der Waals surface area contributed by atoms with E-state index in [0.29, 0.717) is 23.5 Å². The molecule has 1 aliphatic heterocycles. The van der Waals surface area contributed by atoms with Crippen LogP contribution in [0.1, 0.15) is 13.3 Å². The van der Waals surface area contributed by atoms with Crippen LogP contribution < -0.4 is 16.8 Å². The molecule has 2 heterocycles. The first-order valence-electron chi connectivity index (χ1n) is 5.54. The molecule has 2 rings (SSSR count). The van der Waals surface area contributed by atoms with E-state index in [9.17, 15) is 0 Å². The van der Waals surface area contributed by atoms with Crippen molar-refractivity contribution in [2.75, 3.05) is 29.9 Å². The third kappa shape index (κ3) is 2.36. The molecule has 16 heavy (non-hydrogen) atoms. The van der Waals surface area contributed by atoms with E-state index in [2.05, 4.69) is 17.2 Å². The zero-order chi connectivity index (χ0) is 11.5. The lowest BCUT2D eigenvalue weighted by atomic mass is 10.0. The van der Waals surface area contributed by atoms with Crippen LogP contribution >= 0.6 is 0 Å². The number of nitrogens with two attached hydrogens (primary N) is 2. The Bertz CT molecular complexity index is 369. The van der Waals surface area contributed by atoms with Gasteiger partial charge in [-0.05, 0) is 25.5 Å². The van der Waals surface area contributed by atoms with Crippen molar-refractivity contribution in [1.82, 2.24) is 4.98 Å². The van der Waals surface area contributed by atoms with Gasteiger partial charge in [-0.15, -0.1) is 0 Å². The smallest absolute Gasteiger partial charge is 0.149 e. The maximum atomic E-state index is 5.63. The summed E-state index contributed by atoms with van der Waals surface area (Å²) in [4.78, 5) is 4.16. The molecule has 88 valence electrons. The Balaban J connectivity index is 1.91. The van der Waals surface area contributed by atoms with Gasteiger partial charge in [-0.3, -0.25) is 0 Å². The number of hydrogen-bond acceptors (Lipinski definition) is 5. The Hall–Kier alpha value is -1.49. The number of pyridine rings is 1. The Morgan fingerprint density at radius 2 is 2.31 bits per heavy atom. The molecule has 0 amide bonds. The van der Waals surface area contributed by atoms with Crippen LogP contribution in [0.3, 0.4) is 0 Å². The Morgan fingerprint density at radius 3 is 2.94 bits per heavy atom. The lowest BCUT2D eigenvalue weighted by Gasteiger charge is -2.15. The van der Waals surface area contributed by atoms with Gasteiger partial charge < -0.3 is 21.5 Å². The molecule has 1 aromatic heterocycles. The zero-order valence-corrected chi connectivity index (χ0v) is 9.44. The molecule has 5 nitrogen and oxygen atoms in total. The number of anilines is 3. The van der Waals surface area contributed by atoms with Crippen molar-refractivity contribution < 1.29 is 4.74 Å². The molecular weight excluding hydrogens is 204 g/mol. The van der Waals surface area contributed by atoms with Crippen LogP contribution in [0, 0.1) is 5.92 Å². The van der Waals surface area contributed by atoms with E-state index in [1.165, 1.54) is 0 Å². The van der Waals surface area contributed by atoms with E-state index in [0.717, 1.165) is 25.4 Å². The zero-order valence-electron chi connectivity index (χ0n) is 9.44. The molecule has 1 aliphatic rings. The molecule has 1 aromatic rings. The first-order valence-corrected chi connectivity index (χ1v) is 5.54. The fraction of sp³-hybridized carbons (Fsp3) is 0.545. The lowest BCUT2D eigenvalue weighted by Crippen LogP contribution is -2.21. The number of ether oxygens (including phenoxy) is 1. The highest BCUT2D eigenvalue weighted by Gasteiger charge is 2.23. The fourth-order valence-corrected chi connectivity index (χ4v) is 1.86. The van der Waals surface area contributed by atoms with Gasteiger partial charge in [0.15, 0.2) is 0 Å². The number of nitrogen functional groups attached to an aromatic ring is 2. The number of hydrogen-bond donors (Lipinski definition) is 3. The second kappa shape index (κ2) is 4.57. The van der Waals surface area contributed by atoms with Gasteiger partial charge in [0.25, 0.3) is 0 Å². The van der Waals surface area contributed by atoms with E-state index < -0.39 is 0 Å². The van der Waals surface area contributed by atoms with E-state index >= 15 is 0 Å². The van der Waals surface area contributed by atoms with Gasteiger partial charge in [-0.1, -0.05) is 0 Å². The predicted octanol–water partition coefficient (Wildman–Crippen LogP) is 1.08. The second-order valence-corrected chi connectivity index (χ2v) is 4.18. The minimum Gasteiger partial charge on any atom is -0.396 e. The Morgan fingerprint density at radius 1 is 1.50 bits per heavy atom. The van der Waals surface area contributed by atoms with E-state index in [1.807, 2.05) is 6.07 Å². The summed E-state index contributed by atoms with van der Waals surface area (Å²) in [6.45, 7) is 3.81. The van der Waals surface area contributed by atoms with Crippen LogP contribution in [0.5, 0.6) is 0 Å². The second-order valence-electron chi connectivity index (χ2n) is 4.18. The largest absolute Gasteiger partial charge is 0.396 e. The number of rotatable bonds is 3. The predicted molar refractivity (Wildman–Crippen MR) is 65.1 cm³/mol. The summed E-state index contributed by atoms with van der Waals surface area (Å²) in [6.07, 6.45) is 1.41. The Labute approximate surface area is 95.2 Å². The van der Waals surface area contributed by atoms with Crippen LogP contribution in [-0.4, -0.2) is 24.2 Å². The molecule has 1 fully saturated rings. The van der Waals surface area contributed by atoms with E-state index in [1.54, 1.807) is 6.07 Å². The summed E-state index contributed by atoms with van der Waals surface area (Å²) in [7, 11) is 0. The van der Waals surface area contributed by atoms with Crippen LogP contribution in [0.25, 0.3) is 0 Å². The van der Waals surface area contributed by atoms with Gasteiger partial charge in [0.05, 0.1) is 11.8 Å². The lowest BCUT2D eigenvalue weighted by molar-refractivity contribution is 0.108. The van der Waals surface area contributed by atoms with Gasteiger partial charge >= 0.3 is 0 Å². The summed E-state index contributed by atoms with van der Waals surface area (Å²) >= 11 is 0. The van der Waals surface area contributed by atoms with Crippen molar-refractivity contribution >= 4 is 17.3 Å². The third-order valence-corrected chi connectivity index (χ3v) is 3.04. The molecule has 0 bridgehead atoms. The number of aromatic nitrogens is 1. The molecule has 5 N–H and O–H groups in total. The molecule has 0 radical (unpaired) electrons. The quantitative estimate of drug-likeness (QED) is 0.712. The summed E-state index contributed by atoms with van der Waals surface area (Å²) < 4.78 is 5.49. The molecule has 0 spiro atoms. The summed E-state index contributed by atoms with van der Waals surface area (Å²) in [6, 6.07) is 3.60. The fourth-order valence-electron chi connectivity index (χ4n) is 1.86. The summed E-state index contributed by atoms with van der Waals surface area (Å²) in [5.41, 5.74) is 11.7. The minimum absolute atomic E-state index is 0.318. The monoisotopic (exact) mass is 222 g/mol. The molecular formula is C11H18N4O. The highest BCUT2D eigenvalue weighted by Crippen LogP contribution is 2.21. The molecule has 0 aromatic carbocycles. The number of nitrogens with one attached hydrogen (secondary N) is 1. The van der Waals surface area contributed by atoms with Gasteiger partial charge in [0.2, 0.25) is 0 Å². The highest BCUT2D eigenvalue weighted by molar-refractivity contribution is 5.61. The van der Waals surface area contributed by atoms with Crippen molar-refractivity contribution in [3.8, 4) is 0 Å². The topological polar surface area (TPSA) is 86.2 Å². The molecule has 5 heteroatoms. The highest BCUT2D eigenvalue weighted by atomic mass is 16.5. The van der Waals surface area contributed by atoms with Gasteiger partial charge in [-0.2, -0.15) is 0 Å². The maximum absolute atomic E-state index is 5.63. The van der Waals surface area contributed by atoms with E-state index in [-0.39, 0.29) is 0 Å². The number of nitrogens with zero attached hydrogens (tertiary/aromatic N) is 1. The third-order valence-electron chi connectivity index (χ3n) is 3.04. The Kier molecular flexibility index (Phi) is 3.14. The SMILES string of the molecule is CC1OCCC1CNc1ccc(N)c(N)n1. The summed E-state index contributed by atoms with van der Waals surface area (Å²) in [5, 5.41) is 3.26. The standard InChI is InChI=1S/C11H18N4O/c1-7-8(4-5-16-7)6-14-10-3-2-9(12)11(13)15-10/h2-3,7-8H,4-6,12H2,1H3,(H3,13,14,15). The average Bonchev–Trinajstić information content (AvgIpc) is 2.66. The van der Waals surface area contributed by atoms with Crippen LogP contribution in [0.2, 0.25) is 0 Å². The first-order chi connectivity index (χ1) is 7.66. The molecule has 2 unspecified atom stereocenters. The van der Waals surface area contributed by atoms with Gasteiger partial charge in [0.1, 0.15) is 11.6 Å².